The zero-order valence-corrected chi connectivity index (χ0v) is 29.3. The number of fused-ring (bicyclic) bond motifs is 1. The lowest BCUT2D eigenvalue weighted by Crippen LogP contribution is -2.21. The van der Waals surface area contributed by atoms with E-state index in [0.717, 1.165) is 25.7 Å². The average Bonchev–Trinajstić information content (AvgIpc) is 3.54. The molecule has 4 N–H and O–H groups in total. The third-order valence-corrected chi connectivity index (χ3v) is 11.2. The summed E-state index contributed by atoms with van der Waals surface area (Å²) in [5, 5.41) is 32.3. The van der Waals surface area contributed by atoms with E-state index in [9.17, 15) is 19.8 Å². The second kappa shape index (κ2) is 12.4. The van der Waals surface area contributed by atoms with Crippen LogP contribution in [0.15, 0.2) is 26.1 Å². The van der Waals surface area contributed by atoms with Crippen LogP contribution in [0.25, 0.3) is 49.2 Å². The SMILES string of the molecule is CCNc1c2c3c4c(c(OC)c(=O)c5c(O)cc(OC)c(c6c(OC)c(SCCO)c(NC7CCCC7)c(c1=O)c36)c54)C(C(C)=O)C(C)=C2. The van der Waals surface area contributed by atoms with Gasteiger partial charge in [0.25, 0.3) is 0 Å². The number of phenols is 1. The lowest BCUT2D eigenvalue weighted by Gasteiger charge is -2.27. The summed E-state index contributed by atoms with van der Waals surface area (Å²) >= 11 is 1.39. The molecule has 256 valence electrons. The van der Waals surface area contributed by atoms with Gasteiger partial charge in [-0.05, 0) is 39.0 Å². The third kappa shape index (κ3) is 4.61. The lowest BCUT2D eigenvalue weighted by atomic mass is 9.80. The first kappa shape index (κ1) is 33.0. The van der Waals surface area contributed by atoms with Gasteiger partial charge in [-0.15, -0.1) is 11.8 Å². The Morgan fingerprint density at radius 1 is 0.898 bits per heavy atom. The molecule has 0 saturated heterocycles. The smallest absolute Gasteiger partial charge is 0.232 e. The zero-order chi connectivity index (χ0) is 34.9. The van der Waals surface area contributed by atoms with Gasteiger partial charge in [0, 0.05) is 62.5 Å². The Labute approximate surface area is 287 Å². The maximum atomic E-state index is 15.1. The average molecular weight is 685 g/mol. The van der Waals surface area contributed by atoms with E-state index < -0.39 is 11.3 Å². The van der Waals surface area contributed by atoms with Gasteiger partial charge in [-0.2, -0.15) is 0 Å². The normalized spacial score (nSPS) is 16.2. The number of carbonyl (C=O) groups excluding carboxylic acids is 1. The van der Waals surface area contributed by atoms with Crippen molar-refractivity contribution in [1.29, 1.82) is 0 Å². The van der Waals surface area contributed by atoms with Crippen LogP contribution in [0.2, 0.25) is 0 Å². The van der Waals surface area contributed by atoms with Crippen LogP contribution in [0, 0.1) is 0 Å². The van der Waals surface area contributed by atoms with Crippen LogP contribution in [0.3, 0.4) is 0 Å². The first-order valence-corrected chi connectivity index (χ1v) is 17.7. The van der Waals surface area contributed by atoms with Crippen molar-refractivity contribution in [2.75, 3.05) is 50.9 Å². The van der Waals surface area contributed by atoms with E-state index in [1.807, 2.05) is 19.9 Å². The maximum absolute atomic E-state index is 15.1. The number of ether oxygens (including phenoxy) is 3. The number of nitrogens with one attached hydrogen (secondary N) is 2. The first-order chi connectivity index (χ1) is 23.6. The number of hydrogen-bond acceptors (Lipinski definition) is 11. The highest BCUT2D eigenvalue weighted by atomic mass is 32.2. The first-order valence-electron chi connectivity index (χ1n) is 16.7. The van der Waals surface area contributed by atoms with Gasteiger partial charge in [0.15, 0.2) is 5.75 Å². The number of aliphatic hydroxyl groups excluding tert-OH is 1. The number of methoxy groups -OCH3 is 3. The lowest BCUT2D eigenvalue weighted by molar-refractivity contribution is -0.117. The number of rotatable bonds is 11. The molecule has 1 atom stereocenters. The molecule has 11 heteroatoms. The number of hydrogen-bond donors (Lipinski definition) is 4. The molecule has 1 unspecified atom stereocenters. The van der Waals surface area contributed by atoms with Gasteiger partial charge in [0.1, 0.15) is 23.0 Å². The largest absolute Gasteiger partial charge is 0.507 e. The molecule has 1 saturated carbocycles. The minimum absolute atomic E-state index is 0.0222. The zero-order valence-electron chi connectivity index (χ0n) is 28.5. The van der Waals surface area contributed by atoms with Gasteiger partial charge in [-0.25, -0.2) is 0 Å². The summed E-state index contributed by atoms with van der Waals surface area (Å²) in [5.74, 6) is -0.324. The van der Waals surface area contributed by atoms with E-state index in [0.29, 0.717) is 88.7 Å². The molecule has 0 amide bonds. The van der Waals surface area contributed by atoms with Crippen molar-refractivity contribution in [3.63, 3.8) is 0 Å². The third-order valence-electron chi connectivity index (χ3n) is 10.2. The number of anilines is 2. The van der Waals surface area contributed by atoms with E-state index in [4.69, 9.17) is 14.2 Å². The van der Waals surface area contributed by atoms with Crippen molar-refractivity contribution in [3.8, 4) is 23.0 Å². The van der Waals surface area contributed by atoms with Crippen LogP contribution in [-0.2, 0) is 4.79 Å². The van der Waals surface area contributed by atoms with Crippen LogP contribution in [-0.4, -0.2) is 62.3 Å². The van der Waals surface area contributed by atoms with Crippen LogP contribution in [0.1, 0.15) is 63.5 Å². The van der Waals surface area contributed by atoms with Crippen molar-refractivity contribution in [2.45, 2.75) is 63.3 Å². The molecule has 1 fully saturated rings. The second-order valence-corrected chi connectivity index (χ2v) is 14.0. The molecule has 49 heavy (non-hydrogen) atoms. The monoisotopic (exact) mass is 684 g/mol. The van der Waals surface area contributed by atoms with Gasteiger partial charge in [0.05, 0.1) is 60.9 Å². The molecule has 2 aliphatic rings. The van der Waals surface area contributed by atoms with Gasteiger partial charge in [-0.1, -0.05) is 24.5 Å². The number of benzene rings is 5. The molecule has 0 aromatic heterocycles. The maximum Gasteiger partial charge on any atom is 0.232 e. The predicted molar refractivity (Wildman–Crippen MR) is 198 cm³/mol. The molecule has 0 spiro atoms. The summed E-state index contributed by atoms with van der Waals surface area (Å²) in [5.41, 5.74) is 1.85. The van der Waals surface area contributed by atoms with Crippen molar-refractivity contribution >= 4 is 78.1 Å². The highest BCUT2D eigenvalue weighted by molar-refractivity contribution is 7.99. The molecule has 2 aliphatic carbocycles. The number of phenolic OH excluding ortho intramolecular Hbond substituents is 1. The second-order valence-electron chi connectivity index (χ2n) is 12.9. The molecule has 0 bridgehead atoms. The number of allylic oxidation sites excluding steroid dienone is 1. The molecule has 5 aromatic carbocycles. The molecule has 10 nitrogen and oxygen atoms in total. The predicted octanol–water partition coefficient (Wildman–Crippen LogP) is 6.59. The number of carbonyl (C=O) groups is 1. The summed E-state index contributed by atoms with van der Waals surface area (Å²) in [7, 11) is 4.44. The molecule has 7 rings (SSSR count). The number of Topliss-reactive ketones (excluding diaryl/α,β-unsaturated/α-hetero) is 1. The molecule has 0 aliphatic heterocycles. The van der Waals surface area contributed by atoms with E-state index >= 15 is 4.79 Å². The summed E-state index contributed by atoms with van der Waals surface area (Å²) in [6.45, 7) is 5.58. The summed E-state index contributed by atoms with van der Waals surface area (Å²) in [6.07, 6.45) is 5.90. The molecule has 5 aromatic rings. The van der Waals surface area contributed by atoms with E-state index in [1.165, 1.54) is 39.0 Å². The summed E-state index contributed by atoms with van der Waals surface area (Å²) in [4.78, 5) is 43.8. The summed E-state index contributed by atoms with van der Waals surface area (Å²) in [6, 6.07) is 1.53. The van der Waals surface area contributed by atoms with Gasteiger partial charge < -0.3 is 35.1 Å². The molecular weight excluding hydrogens is 644 g/mol. The van der Waals surface area contributed by atoms with Gasteiger partial charge in [0.2, 0.25) is 10.9 Å². The Balaban J connectivity index is 1.93. The topological polar surface area (TPSA) is 143 Å². The van der Waals surface area contributed by atoms with Crippen LogP contribution < -0.4 is 35.7 Å². The fourth-order valence-corrected chi connectivity index (χ4v) is 9.31. The number of aromatic hydroxyl groups is 1. The molecule has 0 radical (unpaired) electrons. The van der Waals surface area contributed by atoms with Crippen molar-refractivity contribution in [1.82, 2.24) is 0 Å². The molecule has 0 heterocycles. The standard InChI is InChI=1S/C38H40N2O8S/c1-7-39-32-19-14-16(2)22(17(3)42)29-26-23(19)27-30(25-21(46-4)15-20(43)24(28(25)26)35(45)36(29)47-5)37(48-6)38(49-13-12-41)33(31(27)34(32)44)40-18-10-8-9-11-18/h14-15,18,22,39-41,43H,7-13H2,1-6H3. The Bertz CT molecular complexity index is 2330. The van der Waals surface area contributed by atoms with E-state index in [-0.39, 0.29) is 46.5 Å². The highest BCUT2D eigenvalue weighted by Gasteiger charge is 2.38. The minimum Gasteiger partial charge on any atom is -0.507 e. The fraction of sp³-hybridized carbons (Fsp3) is 0.395. The number of ketones is 1. The van der Waals surface area contributed by atoms with Crippen LogP contribution >= 0.6 is 11.8 Å². The number of thioether (sulfide) groups is 1. The van der Waals surface area contributed by atoms with Gasteiger partial charge >= 0.3 is 0 Å². The van der Waals surface area contributed by atoms with Crippen molar-refractivity contribution < 1.29 is 29.2 Å². The van der Waals surface area contributed by atoms with Gasteiger partial charge in [-0.3, -0.25) is 14.4 Å². The van der Waals surface area contributed by atoms with Crippen LogP contribution in [0.5, 0.6) is 23.0 Å². The van der Waals surface area contributed by atoms with Crippen LogP contribution in [0.4, 0.5) is 11.4 Å². The van der Waals surface area contributed by atoms with Crippen molar-refractivity contribution in [2.24, 2.45) is 0 Å². The summed E-state index contributed by atoms with van der Waals surface area (Å²) < 4.78 is 18.1. The Morgan fingerprint density at radius 2 is 1.59 bits per heavy atom. The van der Waals surface area contributed by atoms with Crippen molar-refractivity contribution in [3.05, 3.63) is 43.2 Å². The van der Waals surface area contributed by atoms with E-state index in [2.05, 4.69) is 10.6 Å². The minimum atomic E-state index is -0.866. The Kier molecular flexibility index (Phi) is 8.39. The quantitative estimate of drug-likeness (QED) is 0.0680. The molecular formula is C38H40N2O8S. The fourth-order valence-electron chi connectivity index (χ4n) is 8.39. The Morgan fingerprint density at radius 3 is 2.20 bits per heavy atom. The Hall–Kier alpha value is -4.48. The highest BCUT2D eigenvalue weighted by Crippen LogP contribution is 2.58. The van der Waals surface area contributed by atoms with E-state index in [1.54, 1.807) is 7.11 Å². The number of aliphatic hydroxyl groups is 1.